The first kappa shape index (κ1) is 20.6. The number of rotatable bonds is 8. The first-order chi connectivity index (χ1) is 12.9. The van der Waals surface area contributed by atoms with Gasteiger partial charge in [-0.1, -0.05) is 13.0 Å². The number of fused-ring (bicyclic) bond motifs is 4. The van der Waals surface area contributed by atoms with Crippen LogP contribution in [0.5, 0.6) is 5.75 Å². The molecule has 0 saturated carbocycles. The molecule has 0 amide bonds. The maximum Gasteiger partial charge on any atom is 0.119 e. The normalized spacial score (nSPS) is 27.9. The summed E-state index contributed by atoms with van der Waals surface area (Å²) in [5.74, 6) is 1.70. The van der Waals surface area contributed by atoms with Gasteiger partial charge in [-0.2, -0.15) is 0 Å². The summed E-state index contributed by atoms with van der Waals surface area (Å²) in [6.45, 7) is 7.21. The third kappa shape index (κ3) is 4.18. The Hall–Kier alpha value is -1.10. The Morgan fingerprint density at radius 1 is 1.19 bits per heavy atom. The van der Waals surface area contributed by atoms with Crippen molar-refractivity contribution in [3.8, 4) is 5.75 Å². The average molecular weight is 374 g/mol. The van der Waals surface area contributed by atoms with E-state index < -0.39 is 0 Å². The Balaban J connectivity index is 1.80. The van der Waals surface area contributed by atoms with Crippen LogP contribution in [0.15, 0.2) is 18.2 Å². The monoisotopic (exact) mass is 373 g/mol. The van der Waals surface area contributed by atoms with E-state index in [2.05, 4.69) is 68.0 Å². The lowest BCUT2D eigenvalue weighted by atomic mass is 9.56. The fourth-order valence-corrected chi connectivity index (χ4v) is 5.43. The van der Waals surface area contributed by atoms with Gasteiger partial charge in [-0.25, -0.2) is 0 Å². The summed E-state index contributed by atoms with van der Waals surface area (Å²) in [6.07, 6.45) is 4.92. The van der Waals surface area contributed by atoms with E-state index in [9.17, 15) is 0 Å². The zero-order valence-corrected chi connectivity index (χ0v) is 18.3. The largest absolute Gasteiger partial charge is 0.497 e. The van der Waals surface area contributed by atoms with E-state index in [0.29, 0.717) is 12.0 Å². The highest BCUT2D eigenvalue weighted by molar-refractivity contribution is 5.45. The Morgan fingerprint density at radius 3 is 2.67 bits per heavy atom. The molecule has 0 unspecified atom stereocenters. The minimum absolute atomic E-state index is 0.287. The molecule has 1 aromatic carbocycles. The molecular formula is C23H39N3O. The highest BCUT2D eigenvalue weighted by Gasteiger charge is 2.50. The van der Waals surface area contributed by atoms with Crippen LogP contribution in [-0.2, 0) is 11.8 Å². The molecule has 4 nitrogen and oxygen atoms in total. The quantitative estimate of drug-likeness (QED) is 0.697. The molecule has 1 aliphatic heterocycles. The van der Waals surface area contributed by atoms with Crippen molar-refractivity contribution in [3.63, 3.8) is 0 Å². The summed E-state index contributed by atoms with van der Waals surface area (Å²) < 4.78 is 5.59. The maximum absolute atomic E-state index is 5.59. The molecule has 4 heteroatoms. The lowest BCUT2D eigenvalue weighted by molar-refractivity contribution is 0.0311. The molecule has 3 rings (SSSR count). The summed E-state index contributed by atoms with van der Waals surface area (Å²) in [5, 5.41) is 0. The minimum Gasteiger partial charge on any atom is -0.497 e. The molecule has 1 saturated heterocycles. The molecule has 152 valence electrons. The van der Waals surface area contributed by atoms with Gasteiger partial charge in [0.1, 0.15) is 5.75 Å². The van der Waals surface area contributed by atoms with Crippen LogP contribution in [-0.4, -0.2) is 82.2 Å². The summed E-state index contributed by atoms with van der Waals surface area (Å²) in [4.78, 5) is 7.41. The Kier molecular flexibility index (Phi) is 6.50. The van der Waals surface area contributed by atoms with Crippen LogP contribution in [0.4, 0.5) is 0 Å². The van der Waals surface area contributed by atoms with Gasteiger partial charge in [-0.3, -0.25) is 0 Å². The van der Waals surface area contributed by atoms with E-state index in [0.717, 1.165) is 5.75 Å². The molecule has 1 fully saturated rings. The number of nitrogens with zero attached hydrogens (tertiary/aromatic N) is 3. The first-order valence-electron chi connectivity index (χ1n) is 10.6. The zero-order valence-electron chi connectivity index (χ0n) is 18.3. The molecular weight excluding hydrogens is 334 g/mol. The highest BCUT2D eigenvalue weighted by atomic mass is 16.5. The van der Waals surface area contributed by atoms with Crippen molar-refractivity contribution in [3.05, 3.63) is 29.3 Å². The van der Waals surface area contributed by atoms with E-state index in [1.807, 2.05) is 0 Å². The second kappa shape index (κ2) is 8.50. The zero-order chi connectivity index (χ0) is 19.6. The predicted octanol–water partition coefficient (Wildman–Crippen LogP) is 3.10. The smallest absolute Gasteiger partial charge is 0.119 e. The number of ether oxygens (including phenoxy) is 1. The van der Waals surface area contributed by atoms with Crippen molar-refractivity contribution in [1.82, 2.24) is 14.7 Å². The molecule has 0 N–H and O–H groups in total. The lowest BCUT2D eigenvalue weighted by Crippen LogP contribution is -2.58. The predicted molar refractivity (Wildman–Crippen MR) is 114 cm³/mol. The van der Waals surface area contributed by atoms with Crippen LogP contribution >= 0.6 is 0 Å². The van der Waals surface area contributed by atoms with Gasteiger partial charge in [0.05, 0.1) is 7.11 Å². The van der Waals surface area contributed by atoms with Crippen LogP contribution in [0.1, 0.15) is 37.3 Å². The second-order valence-electron chi connectivity index (χ2n) is 9.18. The van der Waals surface area contributed by atoms with Gasteiger partial charge < -0.3 is 19.4 Å². The van der Waals surface area contributed by atoms with Crippen LogP contribution in [0.25, 0.3) is 0 Å². The van der Waals surface area contributed by atoms with Crippen molar-refractivity contribution in [2.24, 2.45) is 5.92 Å². The number of hydrogen-bond donors (Lipinski definition) is 0. The van der Waals surface area contributed by atoms with Crippen LogP contribution < -0.4 is 4.74 Å². The Bertz CT molecular complexity index is 632. The van der Waals surface area contributed by atoms with E-state index in [1.54, 1.807) is 18.2 Å². The number of piperidine rings is 1. The fourth-order valence-electron chi connectivity index (χ4n) is 5.43. The summed E-state index contributed by atoms with van der Waals surface area (Å²) >= 11 is 0. The lowest BCUT2D eigenvalue weighted by Gasteiger charge is -2.55. The first-order valence-corrected chi connectivity index (χ1v) is 10.6. The molecule has 2 aliphatic rings. The average Bonchev–Trinajstić information content (AvgIpc) is 2.64. The third-order valence-corrected chi connectivity index (χ3v) is 7.29. The topological polar surface area (TPSA) is 19.0 Å². The van der Waals surface area contributed by atoms with Crippen molar-refractivity contribution in [1.29, 1.82) is 0 Å². The molecule has 1 aliphatic carbocycles. The van der Waals surface area contributed by atoms with Crippen molar-refractivity contribution >= 4 is 0 Å². The second-order valence-corrected chi connectivity index (χ2v) is 9.18. The molecule has 0 spiro atoms. The van der Waals surface area contributed by atoms with Gasteiger partial charge in [-0.15, -0.1) is 0 Å². The maximum atomic E-state index is 5.59. The van der Waals surface area contributed by atoms with Gasteiger partial charge in [0.2, 0.25) is 0 Å². The van der Waals surface area contributed by atoms with E-state index in [-0.39, 0.29) is 5.41 Å². The standard InChI is InChI=1S/C23H39N3O/c1-18-22-16-19-8-9-20(27-6)17-21(19)23(18,11-15-26(22)5)10-14-25(4)13-7-12-24(2)3/h8-9,17-18,22H,7,10-16H2,1-6H3/t18-,22+,23+/m0/s1. The van der Waals surface area contributed by atoms with Crippen LogP contribution in [0.3, 0.4) is 0 Å². The van der Waals surface area contributed by atoms with Gasteiger partial charge >= 0.3 is 0 Å². The number of methoxy groups -OCH3 is 1. The molecule has 1 heterocycles. The van der Waals surface area contributed by atoms with Crippen molar-refractivity contribution < 1.29 is 4.74 Å². The molecule has 1 aromatic rings. The van der Waals surface area contributed by atoms with Crippen LogP contribution in [0, 0.1) is 5.92 Å². The molecule has 0 aromatic heterocycles. The third-order valence-electron chi connectivity index (χ3n) is 7.29. The van der Waals surface area contributed by atoms with Crippen LogP contribution in [0.2, 0.25) is 0 Å². The summed E-state index contributed by atoms with van der Waals surface area (Å²) in [6, 6.07) is 7.48. The molecule has 2 bridgehead atoms. The van der Waals surface area contributed by atoms with Crippen molar-refractivity contribution in [2.75, 3.05) is 61.5 Å². The van der Waals surface area contributed by atoms with E-state index >= 15 is 0 Å². The number of hydrogen-bond acceptors (Lipinski definition) is 4. The van der Waals surface area contributed by atoms with Gasteiger partial charge in [0.25, 0.3) is 0 Å². The highest BCUT2D eigenvalue weighted by Crippen LogP contribution is 2.51. The summed E-state index contributed by atoms with van der Waals surface area (Å²) in [7, 11) is 10.7. The number of benzene rings is 1. The van der Waals surface area contributed by atoms with E-state index in [4.69, 9.17) is 4.74 Å². The molecule has 0 radical (unpaired) electrons. The molecule has 27 heavy (non-hydrogen) atoms. The number of likely N-dealkylation sites (N-methyl/N-ethyl adjacent to an activating group) is 1. The number of likely N-dealkylation sites (tertiary alicyclic amines) is 1. The Labute approximate surface area is 166 Å². The minimum atomic E-state index is 0.287. The van der Waals surface area contributed by atoms with E-state index in [1.165, 1.54) is 51.9 Å². The van der Waals surface area contributed by atoms with Gasteiger partial charge in [0.15, 0.2) is 0 Å². The Morgan fingerprint density at radius 2 is 1.96 bits per heavy atom. The van der Waals surface area contributed by atoms with Crippen molar-refractivity contribution in [2.45, 2.75) is 44.1 Å². The SMILES string of the molecule is COc1ccc2c(c1)[C@]1(CCN(C)CCCN(C)C)CCN(C)[C@H](C2)[C@@H]1C. The van der Waals surface area contributed by atoms with Gasteiger partial charge in [0, 0.05) is 11.5 Å². The summed E-state index contributed by atoms with van der Waals surface area (Å²) in [5.41, 5.74) is 3.40. The molecule has 3 atom stereocenters. The van der Waals surface area contributed by atoms with Gasteiger partial charge in [-0.05, 0) is 109 Å². The fraction of sp³-hybridized carbons (Fsp3) is 0.739.